The van der Waals surface area contributed by atoms with Crippen LogP contribution in [-0.2, 0) is 4.74 Å². The first-order valence-corrected chi connectivity index (χ1v) is 6.99. The lowest BCUT2D eigenvalue weighted by atomic mass is 10.2. The highest BCUT2D eigenvalue weighted by Crippen LogP contribution is 2.17. The van der Waals surface area contributed by atoms with E-state index in [0.29, 0.717) is 25.5 Å². The summed E-state index contributed by atoms with van der Waals surface area (Å²) in [5.41, 5.74) is 0.185. The lowest BCUT2D eigenvalue weighted by Crippen LogP contribution is -2.26. The molecule has 0 amide bonds. The number of rotatable bonds is 11. The number of carbonyl (C=O) groups is 1. The number of aromatic carboxylic acids is 1. The molecular weight excluding hydrogens is 272 g/mol. The molecule has 0 aromatic heterocycles. The van der Waals surface area contributed by atoms with Gasteiger partial charge in [-0.05, 0) is 26.2 Å². The molecule has 21 heavy (non-hydrogen) atoms. The van der Waals surface area contributed by atoms with Crippen molar-refractivity contribution < 1.29 is 19.4 Å². The first-order chi connectivity index (χ1) is 10.1. The third-order valence-corrected chi connectivity index (χ3v) is 2.76. The van der Waals surface area contributed by atoms with Gasteiger partial charge in [-0.2, -0.15) is 0 Å². The Kier molecular flexibility index (Phi) is 8.42. The van der Waals surface area contributed by atoms with Crippen molar-refractivity contribution in [2.24, 2.45) is 0 Å². The molecule has 0 aliphatic carbocycles. The predicted octanol–water partition coefficient (Wildman–Crippen LogP) is 0.931. The Labute approximate surface area is 125 Å². The fourth-order valence-corrected chi connectivity index (χ4v) is 1.62. The van der Waals surface area contributed by atoms with Gasteiger partial charge in [0, 0.05) is 19.6 Å². The van der Waals surface area contributed by atoms with Crippen molar-refractivity contribution in [3.05, 3.63) is 29.8 Å². The third-order valence-electron chi connectivity index (χ3n) is 2.76. The molecular formula is C15H24N2O4. The second-order valence-electron chi connectivity index (χ2n) is 4.82. The number of hydrogen-bond acceptors (Lipinski definition) is 5. The van der Waals surface area contributed by atoms with Crippen LogP contribution in [0, 0.1) is 0 Å². The Morgan fingerprint density at radius 3 is 2.62 bits per heavy atom. The Hall–Kier alpha value is -1.63. The van der Waals surface area contributed by atoms with Crippen molar-refractivity contribution >= 4 is 5.97 Å². The quantitative estimate of drug-likeness (QED) is 0.592. The molecule has 0 heterocycles. The minimum absolute atomic E-state index is 0.185. The highest BCUT2D eigenvalue weighted by molar-refractivity contribution is 5.90. The van der Waals surface area contributed by atoms with Crippen molar-refractivity contribution in [2.75, 3.05) is 53.6 Å². The van der Waals surface area contributed by atoms with Gasteiger partial charge in [0.15, 0.2) is 0 Å². The minimum Gasteiger partial charge on any atom is -0.491 e. The van der Waals surface area contributed by atoms with Gasteiger partial charge < -0.3 is 24.8 Å². The van der Waals surface area contributed by atoms with E-state index >= 15 is 0 Å². The van der Waals surface area contributed by atoms with E-state index in [4.69, 9.17) is 14.6 Å². The van der Waals surface area contributed by atoms with Gasteiger partial charge >= 0.3 is 5.97 Å². The van der Waals surface area contributed by atoms with E-state index in [1.54, 1.807) is 18.2 Å². The summed E-state index contributed by atoms with van der Waals surface area (Å²) in [6, 6.07) is 6.63. The van der Waals surface area contributed by atoms with Gasteiger partial charge in [0.05, 0.1) is 13.2 Å². The number of hydrogen-bond donors (Lipinski definition) is 2. The summed E-state index contributed by atoms with van der Waals surface area (Å²) >= 11 is 0. The van der Waals surface area contributed by atoms with Gasteiger partial charge in [-0.25, -0.2) is 4.79 Å². The number of nitrogens with zero attached hydrogens (tertiary/aromatic N) is 1. The highest BCUT2D eigenvalue weighted by Gasteiger charge is 2.09. The molecule has 1 aromatic rings. The predicted molar refractivity (Wildman–Crippen MR) is 81.1 cm³/mol. The number of carboxylic acid groups (broad SMARTS) is 1. The number of carboxylic acids is 1. The summed E-state index contributed by atoms with van der Waals surface area (Å²) in [6.45, 7) is 4.09. The van der Waals surface area contributed by atoms with Gasteiger partial charge in [-0.1, -0.05) is 12.1 Å². The van der Waals surface area contributed by atoms with Gasteiger partial charge in [-0.15, -0.1) is 0 Å². The van der Waals surface area contributed by atoms with E-state index in [-0.39, 0.29) is 5.56 Å². The Balaban J connectivity index is 2.08. The van der Waals surface area contributed by atoms with Crippen molar-refractivity contribution in [3.8, 4) is 5.75 Å². The standard InChI is InChI=1S/C15H24N2O4/c1-17(2)9-12-20-10-7-16-8-11-21-14-6-4-3-5-13(14)15(18)19/h3-6,16H,7-12H2,1-2H3,(H,18,19). The molecule has 118 valence electrons. The lowest BCUT2D eigenvalue weighted by molar-refractivity contribution is 0.0692. The monoisotopic (exact) mass is 296 g/mol. The van der Waals surface area contributed by atoms with E-state index in [1.807, 2.05) is 14.1 Å². The number of ether oxygens (including phenoxy) is 2. The first kappa shape index (κ1) is 17.4. The Morgan fingerprint density at radius 2 is 1.90 bits per heavy atom. The van der Waals surface area contributed by atoms with E-state index in [2.05, 4.69) is 10.2 Å². The molecule has 0 saturated heterocycles. The molecule has 0 unspecified atom stereocenters. The zero-order chi connectivity index (χ0) is 15.5. The summed E-state index contributed by atoms with van der Waals surface area (Å²) in [7, 11) is 4.02. The summed E-state index contributed by atoms with van der Waals surface area (Å²) in [5.74, 6) is -0.582. The first-order valence-electron chi connectivity index (χ1n) is 6.99. The maximum Gasteiger partial charge on any atom is 0.339 e. The van der Waals surface area contributed by atoms with Crippen molar-refractivity contribution in [1.82, 2.24) is 10.2 Å². The number of para-hydroxylation sites is 1. The smallest absolute Gasteiger partial charge is 0.339 e. The van der Waals surface area contributed by atoms with Gasteiger partial charge in [-0.3, -0.25) is 0 Å². The average molecular weight is 296 g/mol. The number of nitrogens with one attached hydrogen (secondary N) is 1. The van der Waals surface area contributed by atoms with E-state index in [9.17, 15) is 4.79 Å². The van der Waals surface area contributed by atoms with Crippen LogP contribution in [0.25, 0.3) is 0 Å². The maximum atomic E-state index is 11.0. The van der Waals surface area contributed by atoms with Crippen LogP contribution in [0.15, 0.2) is 24.3 Å². The van der Waals surface area contributed by atoms with Gasteiger partial charge in [0.2, 0.25) is 0 Å². The Morgan fingerprint density at radius 1 is 1.19 bits per heavy atom. The molecule has 1 rings (SSSR count). The zero-order valence-electron chi connectivity index (χ0n) is 12.7. The van der Waals surface area contributed by atoms with Crippen LogP contribution < -0.4 is 10.1 Å². The highest BCUT2D eigenvalue weighted by atomic mass is 16.5. The molecule has 6 heteroatoms. The molecule has 0 fully saturated rings. The van der Waals surface area contributed by atoms with E-state index < -0.39 is 5.97 Å². The zero-order valence-corrected chi connectivity index (χ0v) is 12.7. The molecule has 0 aliphatic rings. The summed E-state index contributed by atoms with van der Waals surface area (Å²) in [6.07, 6.45) is 0. The van der Waals surface area contributed by atoms with E-state index in [1.165, 1.54) is 6.07 Å². The average Bonchev–Trinajstić information content (AvgIpc) is 2.45. The Bertz CT molecular complexity index is 424. The molecule has 2 N–H and O–H groups in total. The molecule has 1 aromatic carbocycles. The van der Waals surface area contributed by atoms with Crippen molar-refractivity contribution in [1.29, 1.82) is 0 Å². The number of benzene rings is 1. The molecule has 0 atom stereocenters. The molecule has 0 bridgehead atoms. The summed E-state index contributed by atoms with van der Waals surface area (Å²) < 4.78 is 10.9. The van der Waals surface area contributed by atoms with Crippen LogP contribution in [0.3, 0.4) is 0 Å². The maximum absolute atomic E-state index is 11.0. The lowest BCUT2D eigenvalue weighted by Gasteiger charge is -2.11. The molecule has 0 radical (unpaired) electrons. The molecule has 0 spiro atoms. The van der Waals surface area contributed by atoms with Gasteiger partial charge in [0.1, 0.15) is 17.9 Å². The third kappa shape index (κ3) is 7.65. The molecule has 0 saturated carbocycles. The van der Waals surface area contributed by atoms with E-state index in [0.717, 1.165) is 19.7 Å². The number of likely N-dealkylation sites (N-methyl/N-ethyl adjacent to an activating group) is 1. The largest absolute Gasteiger partial charge is 0.491 e. The minimum atomic E-state index is -0.979. The topological polar surface area (TPSA) is 71.0 Å². The fraction of sp³-hybridized carbons (Fsp3) is 0.533. The molecule has 0 aliphatic heterocycles. The summed E-state index contributed by atoms with van der Waals surface area (Å²) in [4.78, 5) is 13.1. The van der Waals surface area contributed by atoms with Crippen LogP contribution in [-0.4, -0.2) is 69.5 Å². The van der Waals surface area contributed by atoms with Crippen LogP contribution in [0.2, 0.25) is 0 Å². The molecule has 6 nitrogen and oxygen atoms in total. The van der Waals surface area contributed by atoms with Crippen LogP contribution in [0.4, 0.5) is 0 Å². The normalized spacial score (nSPS) is 10.8. The SMILES string of the molecule is CN(C)CCOCCNCCOc1ccccc1C(=O)O. The van der Waals surface area contributed by atoms with Crippen LogP contribution in [0.5, 0.6) is 5.75 Å². The fourth-order valence-electron chi connectivity index (χ4n) is 1.62. The van der Waals surface area contributed by atoms with Crippen LogP contribution >= 0.6 is 0 Å². The second-order valence-corrected chi connectivity index (χ2v) is 4.82. The second kappa shape index (κ2) is 10.1. The van der Waals surface area contributed by atoms with Crippen molar-refractivity contribution in [2.45, 2.75) is 0 Å². The summed E-state index contributed by atoms with van der Waals surface area (Å²) in [5, 5.41) is 12.2. The van der Waals surface area contributed by atoms with Crippen molar-refractivity contribution in [3.63, 3.8) is 0 Å². The van der Waals surface area contributed by atoms with Crippen LogP contribution in [0.1, 0.15) is 10.4 Å². The van der Waals surface area contributed by atoms with Gasteiger partial charge in [0.25, 0.3) is 0 Å².